The van der Waals surface area contributed by atoms with Crippen LogP contribution in [0.1, 0.15) is 0 Å². The van der Waals surface area contributed by atoms with Crippen LogP contribution in [0, 0.1) is 0 Å². The van der Waals surface area contributed by atoms with Gasteiger partial charge in [0.05, 0.1) is 11.4 Å². The first-order chi connectivity index (χ1) is 13.5. The molecule has 4 aromatic rings. The molecule has 4 rings (SSSR count). The molecule has 0 bridgehead atoms. The van der Waals surface area contributed by atoms with Crippen molar-refractivity contribution in [3.63, 3.8) is 0 Å². The Morgan fingerprint density at radius 3 is 2.46 bits per heavy atom. The standard InChI is InChI=1S/C19H16N6O3/c20-16(26)11-28-14-8-6-12(7-9-14)15-10-24-18(17(21)22-15)23-25(19(24)27)13-4-2-1-3-5-13/h1-10H,11H2,(H2,20,26)(H2,21,22). The molecular formula is C19H16N6O3. The quantitative estimate of drug-likeness (QED) is 0.534. The molecule has 0 atom stereocenters. The van der Waals surface area contributed by atoms with Gasteiger partial charge in [-0.2, -0.15) is 4.68 Å². The first-order valence-electron chi connectivity index (χ1n) is 8.38. The number of rotatable bonds is 5. The van der Waals surface area contributed by atoms with E-state index in [1.165, 1.54) is 9.08 Å². The number of amides is 1. The molecule has 1 amide bonds. The molecule has 0 radical (unpaired) electrons. The maximum atomic E-state index is 12.8. The average Bonchev–Trinajstić information content (AvgIpc) is 3.05. The molecule has 0 aliphatic rings. The Labute approximate surface area is 158 Å². The predicted molar refractivity (Wildman–Crippen MR) is 103 cm³/mol. The molecule has 0 saturated carbocycles. The van der Waals surface area contributed by atoms with E-state index in [4.69, 9.17) is 16.2 Å². The summed E-state index contributed by atoms with van der Waals surface area (Å²) in [5.41, 5.74) is 12.9. The molecule has 0 spiro atoms. The molecule has 0 fully saturated rings. The van der Waals surface area contributed by atoms with Gasteiger partial charge in [-0.25, -0.2) is 14.2 Å². The van der Waals surface area contributed by atoms with Crippen LogP contribution >= 0.6 is 0 Å². The number of para-hydroxylation sites is 1. The third-order valence-electron chi connectivity index (χ3n) is 4.06. The van der Waals surface area contributed by atoms with E-state index in [9.17, 15) is 9.59 Å². The van der Waals surface area contributed by atoms with Gasteiger partial charge in [0, 0.05) is 11.8 Å². The lowest BCUT2D eigenvalue weighted by Gasteiger charge is -2.06. The van der Waals surface area contributed by atoms with Crippen LogP contribution in [-0.4, -0.2) is 31.7 Å². The average molecular weight is 376 g/mol. The van der Waals surface area contributed by atoms with Gasteiger partial charge >= 0.3 is 5.69 Å². The number of nitrogen functional groups attached to an aromatic ring is 1. The molecule has 0 saturated heterocycles. The monoisotopic (exact) mass is 376 g/mol. The van der Waals surface area contributed by atoms with Gasteiger partial charge < -0.3 is 16.2 Å². The molecule has 140 valence electrons. The summed E-state index contributed by atoms with van der Waals surface area (Å²) in [4.78, 5) is 27.9. The van der Waals surface area contributed by atoms with Gasteiger partial charge in [-0.3, -0.25) is 4.79 Å². The normalized spacial score (nSPS) is 10.9. The Kier molecular flexibility index (Phi) is 4.24. The van der Waals surface area contributed by atoms with Crippen LogP contribution in [0.5, 0.6) is 5.75 Å². The van der Waals surface area contributed by atoms with Crippen molar-refractivity contribution >= 4 is 17.4 Å². The van der Waals surface area contributed by atoms with Gasteiger partial charge in [-0.05, 0) is 36.4 Å². The maximum absolute atomic E-state index is 12.8. The van der Waals surface area contributed by atoms with Crippen molar-refractivity contribution in [2.45, 2.75) is 0 Å². The molecular weight excluding hydrogens is 360 g/mol. The molecule has 4 N–H and O–H groups in total. The highest BCUT2D eigenvalue weighted by Gasteiger charge is 2.14. The van der Waals surface area contributed by atoms with Gasteiger partial charge in [0.25, 0.3) is 5.91 Å². The first-order valence-corrected chi connectivity index (χ1v) is 8.38. The van der Waals surface area contributed by atoms with Crippen molar-refractivity contribution in [2.75, 3.05) is 12.3 Å². The maximum Gasteiger partial charge on any atom is 0.355 e. The molecule has 0 aliphatic heterocycles. The van der Waals surface area contributed by atoms with Crippen LogP contribution in [0.25, 0.3) is 22.6 Å². The van der Waals surface area contributed by atoms with E-state index in [1.54, 1.807) is 42.6 Å². The minimum absolute atomic E-state index is 0.137. The molecule has 2 heterocycles. The Balaban J connectivity index is 1.74. The molecule has 2 aromatic carbocycles. The zero-order chi connectivity index (χ0) is 19.7. The molecule has 0 aliphatic carbocycles. The Bertz CT molecular complexity index is 1210. The summed E-state index contributed by atoms with van der Waals surface area (Å²) < 4.78 is 7.87. The number of aromatic nitrogens is 4. The topological polar surface area (TPSA) is 131 Å². The van der Waals surface area contributed by atoms with Crippen LogP contribution in [0.2, 0.25) is 0 Å². The zero-order valence-corrected chi connectivity index (χ0v) is 14.6. The summed E-state index contributed by atoms with van der Waals surface area (Å²) in [7, 11) is 0. The van der Waals surface area contributed by atoms with Gasteiger partial charge in [-0.15, -0.1) is 5.10 Å². The van der Waals surface area contributed by atoms with Crippen LogP contribution in [-0.2, 0) is 4.79 Å². The summed E-state index contributed by atoms with van der Waals surface area (Å²) in [6, 6.07) is 15.9. The predicted octanol–water partition coefficient (Wildman–Crippen LogP) is 0.993. The smallest absolute Gasteiger partial charge is 0.355 e. The van der Waals surface area contributed by atoms with E-state index in [-0.39, 0.29) is 23.8 Å². The lowest BCUT2D eigenvalue weighted by molar-refractivity contribution is -0.119. The van der Waals surface area contributed by atoms with Crippen molar-refractivity contribution < 1.29 is 9.53 Å². The lowest BCUT2D eigenvalue weighted by Crippen LogP contribution is -2.20. The van der Waals surface area contributed by atoms with Crippen molar-refractivity contribution in [1.29, 1.82) is 0 Å². The van der Waals surface area contributed by atoms with Gasteiger partial charge in [0.1, 0.15) is 5.75 Å². The lowest BCUT2D eigenvalue weighted by atomic mass is 10.1. The number of carbonyl (C=O) groups excluding carboxylic acids is 1. The van der Waals surface area contributed by atoms with Gasteiger partial charge in [0.2, 0.25) is 5.65 Å². The van der Waals surface area contributed by atoms with Crippen molar-refractivity contribution in [1.82, 2.24) is 19.2 Å². The Morgan fingerprint density at radius 1 is 1.07 bits per heavy atom. The van der Waals surface area contributed by atoms with Crippen LogP contribution in [0.4, 0.5) is 5.82 Å². The fraction of sp³-hybridized carbons (Fsp3) is 0.0526. The highest BCUT2D eigenvalue weighted by molar-refractivity contribution is 5.75. The number of primary amides is 1. The number of fused-ring (bicyclic) bond motifs is 1. The SMILES string of the molecule is NC(=O)COc1ccc(-c2cn3c(=O)n(-c4ccccc4)nc3c(N)n2)cc1. The van der Waals surface area contributed by atoms with E-state index in [1.807, 2.05) is 18.2 Å². The Morgan fingerprint density at radius 2 is 1.79 bits per heavy atom. The number of anilines is 1. The number of nitrogens with two attached hydrogens (primary N) is 2. The largest absolute Gasteiger partial charge is 0.484 e. The van der Waals surface area contributed by atoms with Gasteiger partial charge in [-0.1, -0.05) is 18.2 Å². The summed E-state index contributed by atoms with van der Waals surface area (Å²) in [6.07, 6.45) is 1.58. The van der Waals surface area contributed by atoms with E-state index < -0.39 is 5.91 Å². The van der Waals surface area contributed by atoms with E-state index >= 15 is 0 Å². The number of carbonyl (C=O) groups is 1. The fourth-order valence-corrected chi connectivity index (χ4v) is 2.75. The second kappa shape index (κ2) is 6.88. The Hall–Kier alpha value is -4.14. The molecule has 0 unspecified atom stereocenters. The summed E-state index contributed by atoms with van der Waals surface area (Å²) in [6.45, 7) is -0.204. The molecule has 9 nitrogen and oxygen atoms in total. The molecule has 2 aromatic heterocycles. The first kappa shape index (κ1) is 17.3. The summed E-state index contributed by atoms with van der Waals surface area (Å²) >= 11 is 0. The highest BCUT2D eigenvalue weighted by Crippen LogP contribution is 2.22. The fourth-order valence-electron chi connectivity index (χ4n) is 2.75. The van der Waals surface area contributed by atoms with Crippen molar-refractivity contribution in [2.24, 2.45) is 5.73 Å². The van der Waals surface area contributed by atoms with Crippen molar-refractivity contribution in [3.8, 4) is 22.7 Å². The highest BCUT2D eigenvalue weighted by atomic mass is 16.5. The van der Waals surface area contributed by atoms with Crippen LogP contribution in [0.15, 0.2) is 65.6 Å². The summed E-state index contributed by atoms with van der Waals surface area (Å²) in [5, 5.41) is 4.29. The van der Waals surface area contributed by atoms with Crippen LogP contribution < -0.4 is 21.9 Å². The summed E-state index contributed by atoms with van der Waals surface area (Å²) in [5.74, 6) is 0.0720. The minimum Gasteiger partial charge on any atom is -0.484 e. The van der Waals surface area contributed by atoms with Gasteiger partial charge in [0.15, 0.2) is 12.4 Å². The second-order valence-corrected chi connectivity index (χ2v) is 6.01. The zero-order valence-electron chi connectivity index (χ0n) is 14.6. The van der Waals surface area contributed by atoms with E-state index in [2.05, 4.69) is 10.1 Å². The minimum atomic E-state index is -0.557. The van der Waals surface area contributed by atoms with E-state index in [0.717, 1.165) is 5.56 Å². The third-order valence-corrected chi connectivity index (χ3v) is 4.06. The van der Waals surface area contributed by atoms with Crippen molar-refractivity contribution in [3.05, 3.63) is 71.3 Å². The third kappa shape index (κ3) is 3.16. The molecule has 28 heavy (non-hydrogen) atoms. The second-order valence-electron chi connectivity index (χ2n) is 6.01. The van der Waals surface area contributed by atoms with Crippen LogP contribution in [0.3, 0.4) is 0 Å². The number of nitrogens with zero attached hydrogens (tertiary/aromatic N) is 4. The van der Waals surface area contributed by atoms with E-state index in [0.29, 0.717) is 17.1 Å². The number of hydrogen-bond donors (Lipinski definition) is 2. The number of ether oxygens (including phenoxy) is 1. The number of hydrogen-bond acceptors (Lipinski definition) is 6. The molecule has 9 heteroatoms. The number of benzene rings is 2.